The minimum absolute atomic E-state index is 0.889. The predicted octanol–water partition coefficient (Wildman–Crippen LogP) is 5.73. The smallest absolute Gasteiger partial charge is 0.262 e. The maximum absolute atomic E-state index is 8.98. The molecule has 0 rings (SSSR count). The summed E-state index contributed by atoms with van der Waals surface area (Å²) < 4.78 is -0.889. The van der Waals surface area contributed by atoms with Gasteiger partial charge in [0.1, 0.15) is 0 Å². The molecule has 3 heteroatoms. The lowest BCUT2D eigenvalue weighted by Crippen LogP contribution is -1.77. The summed E-state index contributed by atoms with van der Waals surface area (Å²) in [6.45, 7) is 4.54. The highest BCUT2D eigenvalue weighted by atomic mass is 35.5. The van der Waals surface area contributed by atoms with Crippen LogP contribution in [0.5, 0.6) is 0 Å². The van der Waals surface area contributed by atoms with Crippen LogP contribution in [0.25, 0.3) is 0 Å². The minimum atomic E-state index is -0.889. The molecule has 0 N–H and O–H groups in total. The van der Waals surface area contributed by atoms with E-state index in [2.05, 4.69) is 37.0 Å². The van der Waals surface area contributed by atoms with Gasteiger partial charge in [-0.25, -0.2) is 0 Å². The maximum atomic E-state index is 8.98. The van der Waals surface area contributed by atoms with Gasteiger partial charge in [0.05, 0.1) is 0 Å². The molecule has 0 aromatic rings. The Kier molecular flexibility index (Phi) is 18.7. The molecule has 86 valence electrons. The SMILES string of the molecule is CCCCCCCCCC.O=C(Cl)Cl. The van der Waals surface area contributed by atoms with Crippen molar-refractivity contribution in [3.63, 3.8) is 0 Å². The highest BCUT2D eigenvalue weighted by Crippen LogP contribution is 2.07. The van der Waals surface area contributed by atoms with E-state index < -0.39 is 4.70 Å². The first kappa shape index (κ1) is 16.7. The molecule has 0 aliphatic heterocycles. The van der Waals surface area contributed by atoms with E-state index in [0.717, 1.165) is 0 Å². The number of rotatable bonds is 7. The number of hydrogen-bond acceptors (Lipinski definition) is 1. The standard InChI is InChI=1S/C10H22.CCl2O/c1-3-5-7-9-10-8-6-4-2;2-1(3)4/h3-10H2,1-2H3;. The van der Waals surface area contributed by atoms with Crippen LogP contribution in [0, 0.1) is 0 Å². The Labute approximate surface area is 98.2 Å². The van der Waals surface area contributed by atoms with Crippen LogP contribution in [-0.2, 0) is 0 Å². The molecule has 0 unspecified atom stereocenters. The molecule has 14 heavy (non-hydrogen) atoms. The number of hydrogen-bond donors (Lipinski definition) is 0. The van der Waals surface area contributed by atoms with Crippen LogP contribution in [0.4, 0.5) is 4.79 Å². The molecule has 0 radical (unpaired) electrons. The first-order valence-electron chi connectivity index (χ1n) is 5.50. The van der Waals surface area contributed by atoms with Crippen LogP contribution in [-0.4, -0.2) is 4.70 Å². The van der Waals surface area contributed by atoms with Gasteiger partial charge < -0.3 is 0 Å². The molecule has 0 heterocycles. The van der Waals surface area contributed by atoms with Gasteiger partial charge >= 0.3 is 4.70 Å². The van der Waals surface area contributed by atoms with Crippen LogP contribution < -0.4 is 0 Å². The van der Waals surface area contributed by atoms with E-state index in [1.807, 2.05) is 0 Å². The van der Waals surface area contributed by atoms with Crippen LogP contribution in [0.2, 0.25) is 0 Å². The van der Waals surface area contributed by atoms with Crippen molar-refractivity contribution in [1.82, 2.24) is 0 Å². The molecule has 0 spiro atoms. The Hall–Kier alpha value is 0.250. The Morgan fingerprint density at radius 1 is 0.786 bits per heavy atom. The molecule has 0 aliphatic carbocycles. The topological polar surface area (TPSA) is 17.1 Å². The highest BCUT2D eigenvalue weighted by molar-refractivity contribution is 6.93. The van der Waals surface area contributed by atoms with Crippen molar-refractivity contribution in [1.29, 1.82) is 0 Å². The van der Waals surface area contributed by atoms with Crippen molar-refractivity contribution in [2.24, 2.45) is 0 Å². The lowest BCUT2D eigenvalue weighted by Gasteiger charge is -1.97. The number of unbranched alkanes of at least 4 members (excludes halogenated alkanes) is 7. The van der Waals surface area contributed by atoms with E-state index in [0.29, 0.717) is 0 Å². The quantitative estimate of drug-likeness (QED) is 0.410. The summed E-state index contributed by atoms with van der Waals surface area (Å²) in [6, 6.07) is 0. The predicted molar refractivity (Wildman–Crippen MR) is 65.4 cm³/mol. The van der Waals surface area contributed by atoms with Crippen LogP contribution >= 0.6 is 23.2 Å². The Balaban J connectivity index is 0. The maximum Gasteiger partial charge on any atom is 0.313 e. The number of carbonyl (C=O) groups is 1. The van der Waals surface area contributed by atoms with Gasteiger partial charge in [0, 0.05) is 0 Å². The normalized spacial score (nSPS) is 9.14. The molecule has 0 bridgehead atoms. The molecule has 0 aromatic heterocycles. The van der Waals surface area contributed by atoms with Gasteiger partial charge in [-0.15, -0.1) is 0 Å². The fourth-order valence-electron chi connectivity index (χ4n) is 1.21. The van der Waals surface area contributed by atoms with Crippen molar-refractivity contribution in [3.8, 4) is 0 Å². The zero-order chi connectivity index (χ0) is 11.2. The first-order chi connectivity index (χ1) is 6.65. The van der Waals surface area contributed by atoms with E-state index in [4.69, 9.17) is 4.79 Å². The second kappa shape index (κ2) is 15.7. The van der Waals surface area contributed by atoms with Crippen molar-refractivity contribution >= 4 is 27.9 Å². The van der Waals surface area contributed by atoms with Crippen molar-refractivity contribution in [2.75, 3.05) is 0 Å². The molecular formula is C11H22Cl2O. The van der Waals surface area contributed by atoms with Gasteiger partial charge in [0.25, 0.3) is 0 Å². The van der Waals surface area contributed by atoms with Crippen LogP contribution in [0.3, 0.4) is 0 Å². The molecule has 0 aromatic carbocycles. The monoisotopic (exact) mass is 240 g/mol. The van der Waals surface area contributed by atoms with E-state index in [9.17, 15) is 0 Å². The Morgan fingerprint density at radius 2 is 1.00 bits per heavy atom. The summed E-state index contributed by atoms with van der Waals surface area (Å²) in [5.41, 5.74) is 0. The third kappa shape index (κ3) is 29.5. The third-order valence-electron chi connectivity index (χ3n) is 1.96. The zero-order valence-electron chi connectivity index (χ0n) is 9.32. The largest absolute Gasteiger partial charge is 0.313 e. The van der Waals surface area contributed by atoms with E-state index in [1.165, 1.54) is 51.4 Å². The summed E-state index contributed by atoms with van der Waals surface area (Å²) >= 11 is 8.80. The Morgan fingerprint density at radius 3 is 1.21 bits per heavy atom. The summed E-state index contributed by atoms with van der Waals surface area (Å²) in [5, 5.41) is 0. The fraction of sp³-hybridized carbons (Fsp3) is 0.909. The summed E-state index contributed by atoms with van der Waals surface area (Å²) in [4.78, 5) is 8.98. The molecule has 0 saturated heterocycles. The lowest BCUT2D eigenvalue weighted by atomic mass is 10.1. The van der Waals surface area contributed by atoms with Gasteiger partial charge in [-0.3, -0.25) is 4.79 Å². The highest BCUT2D eigenvalue weighted by Gasteiger charge is 1.87. The average molecular weight is 241 g/mol. The molecule has 0 amide bonds. The fourth-order valence-corrected chi connectivity index (χ4v) is 1.21. The third-order valence-corrected chi connectivity index (χ3v) is 1.96. The lowest BCUT2D eigenvalue weighted by molar-refractivity contribution is 0.275. The molecular weight excluding hydrogens is 219 g/mol. The summed E-state index contributed by atoms with van der Waals surface area (Å²) in [5.74, 6) is 0. The van der Waals surface area contributed by atoms with Gasteiger partial charge in [0.15, 0.2) is 0 Å². The zero-order valence-corrected chi connectivity index (χ0v) is 10.8. The van der Waals surface area contributed by atoms with Gasteiger partial charge in [-0.05, 0) is 23.2 Å². The molecule has 0 atom stereocenters. The van der Waals surface area contributed by atoms with E-state index in [-0.39, 0.29) is 0 Å². The van der Waals surface area contributed by atoms with Gasteiger partial charge in [0.2, 0.25) is 0 Å². The number of carbonyl (C=O) groups excluding carboxylic acids is 1. The number of halogens is 2. The average Bonchev–Trinajstić information content (AvgIpc) is 2.10. The van der Waals surface area contributed by atoms with Crippen molar-refractivity contribution in [2.45, 2.75) is 65.2 Å². The molecule has 0 aliphatic rings. The second-order valence-corrected chi connectivity index (χ2v) is 4.23. The Bertz CT molecular complexity index is 104. The minimum Gasteiger partial charge on any atom is -0.262 e. The van der Waals surface area contributed by atoms with Crippen LogP contribution in [0.15, 0.2) is 0 Å². The summed E-state index contributed by atoms with van der Waals surface area (Å²) in [7, 11) is 0. The molecule has 1 nitrogen and oxygen atoms in total. The van der Waals surface area contributed by atoms with Crippen LogP contribution in [0.1, 0.15) is 65.2 Å². The van der Waals surface area contributed by atoms with E-state index in [1.54, 1.807) is 0 Å². The summed E-state index contributed by atoms with van der Waals surface area (Å²) in [6.07, 6.45) is 11.5. The van der Waals surface area contributed by atoms with Crippen molar-refractivity contribution < 1.29 is 4.79 Å². The molecule has 0 fully saturated rings. The first-order valence-corrected chi connectivity index (χ1v) is 6.25. The van der Waals surface area contributed by atoms with Gasteiger partial charge in [-0.2, -0.15) is 0 Å². The van der Waals surface area contributed by atoms with E-state index >= 15 is 0 Å². The second-order valence-electron chi connectivity index (χ2n) is 3.35. The molecule has 0 saturated carbocycles. The van der Waals surface area contributed by atoms with Crippen molar-refractivity contribution in [3.05, 3.63) is 0 Å². The van der Waals surface area contributed by atoms with Gasteiger partial charge in [-0.1, -0.05) is 65.2 Å².